The summed E-state index contributed by atoms with van der Waals surface area (Å²) in [5, 5.41) is 39.7. The Labute approximate surface area is 149 Å². The standard InChI is InChI=1S/C14H26N6O6/c1-7(22)10(13(23)24)18-14(25)17-9(4-2-3-5-15)12-20-19-11(26-12)8(16)6-21/h7-10,21-22H,2-6,15-16H2,1H3,(H,23,24)(H2,17,18,25)/t7?,8-,9-,10-/m0/s1. The Bertz CT molecular complexity index is 580. The van der Waals surface area contributed by atoms with Gasteiger partial charge < -0.3 is 41.8 Å². The van der Waals surface area contributed by atoms with E-state index in [4.69, 9.17) is 26.1 Å². The van der Waals surface area contributed by atoms with E-state index in [1.807, 2.05) is 0 Å². The van der Waals surface area contributed by atoms with E-state index in [9.17, 15) is 14.7 Å². The van der Waals surface area contributed by atoms with Crippen molar-refractivity contribution in [3.8, 4) is 0 Å². The van der Waals surface area contributed by atoms with Crippen molar-refractivity contribution < 1.29 is 29.3 Å². The highest BCUT2D eigenvalue weighted by Crippen LogP contribution is 2.20. The zero-order valence-electron chi connectivity index (χ0n) is 14.5. The number of unbranched alkanes of at least 4 members (excludes halogenated alkanes) is 1. The monoisotopic (exact) mass is 374 g/mol. The van der Waals surface area contributed by atoms with E-state index in [2.05, 4.69) is 20.8 Å². The number of nitrogens with one attached hydrogen (secondary N) is 2. The number of carboxylic acid groups (broad SMARTS) is 1. The molecule has 12 heteroatoms. The molecule has 1 aromatic heterocycles. The summed E-state index contributed by atoms with van der Waals surface area (Å²) in [5.74, 6) is -1.29. The molecule has 1 unspecified atom stereocenters. The zero-order valence-corrected chi connectivity index (χ0v) is 14.5. The van der Waals surface area contributed by atoms with Crippen LogP contribution < -0.4 is 22.1 Å². The second-order valence-electron chi connectivity index (χ2n) is 5.78. The number of aliphatic hydroxyl groups is 2. The van der Waals surface area contributed by atoms with Crippen molar-refractivity contribution in [2.45, 2.75) is 50.4 Å². The highest BCUT2D eigenvalue weighted by atomic mass is 16.4. The summed E-state index contributed by atoms with van der Waals surface area (Å²) < 4.78 is 5.38. The van der Waals surface area contributed by atoms with Crippen LogP contribution in [0.2, 0.25) is 0 Å². The van der Waals surface area contributed by atoms with Crippen LogP contribution in [0, 0.1) is 0 Å². The maximum Gasteiger partial charge on any atom is 0.328 e. The largest absolute Gasteiger partial charge is 0.480 e. The van der Waals surface area contributed by atoms with Crippen LogP contribution in [0.3, 0.4) is 0 Å². The van der Waals surface area contributed by atoms with E-state index >= 15 is 0 Å². The minimum absolute atomic E-state index is 0.0147. The number of aliphatic hydroxyl groups excluding tert-OH is 2. The molecule has 0 aliphatic rings. The highest BCUT2D eigenvalue weighted by Gasteiger charge is 2.28. The number of carbonyl (C=O) groups excluding carboxylic acids is 1. The summed E-state index contributed by atoms with van der Waals surface area (Å²) >= 11 is 0. The van der Waals surface area contributed by atoms with Crippen LogP contribution in [-0.4, -0.2) is 62.8 Å². The van der Waals surface area contributed by atoms with Gasteiger partial charge in [-0.1, -0.05) is 0 Å². The minimum atomic E-state index is -1.47. The predicted octanol–water partition coefficient (Wildman–Crippen LogP) is -1.63. The number of carboxylic acids is 1. The molecule has 0 saturated carbocycles. The fraction of sp³-hybridized carbons (Fsp3) is 0.714. The molecule has 0 aliphatic carbocycles. The van der Waals surface area contributed by atoms with E-state index in [0.29, 0.717) is 25.8 Å². The molecular weight excluding hydrogens is 348 g/mol. The Morgan fingerprint density at radius 3 is 2.42 bits per heavy atom. The molecular formula is C14H26N6O6. The number of nitrogens with two attached hydrogens (primary N) is 2. The molecule has 0 fully saturated rings. The number of rotatable bonds is 11. The van der Waals surface area contributed by atoms with Gasteiger partial charge in [0.2, 0.25) is 11.8 Å². The first kappa shape index (κ1) is 21.8. The van der Waals surface area contributed by atoms with E-state index in [1.54, 1.807) is 0 Å². The first-order chi connectivity index (χ1) is 12.3. The average Bonchev–Trinajstić information content (AvgIpc) is 3.07. The van der Waals surface area contributed by atoms with Gasteiger partial charge in [-0.05, 0) is 32.7 Å². The van der Waals surface area contributed by atoms with Gasteiger partial charge in [-0.15, -0.1) is 10.2 Å². The molecule has 0 aromatic carbocycles. The summed E-state index contributed by atoms with van der Waals surface area (Å²) in [7, 11) is 0. The van der Waals surface area contributed by atoms with E-state index in [0.717, 1.165) is 0 Å². The first-order valence-electron chi connectivity index (χ1n) is 8.17. The molecule has 0 saturated heterocycles. The van der Waals surface area contributed by atoms with Crippen LogP contribution >= 0.6 is 0 Å². The molecule has 12 nitrogen and oxygen atoms in total. The van der Waals surface area contributed by atoms with Gasteiger partial charge >= 0.3 is 12.0 Å². The number of amides is 2. The summed E-state index contributed by atoms with van der Waals surface area (Å²) in [4.78, 5) is 23.2. The first-order valence-corrected chi connectivity index (χ1v) is 8.17. The van der Waals surface area contributed by atoms with Crippen LogP contribution in [0.1, 0.15) is 50.1 Å². The topological polar surface area (TPSA) is 210 Å². The van der Waals surface area contributed by atoms with Crippen LogP contribution in [0.4, 0.5) is 4.79 Å². The molecule has 1 aromatic rings. The maximum atomic E-state index is 12.1. The molecule has 0 bridgehead atoms. The lowest BCUT2D eigenvalue weighted by Crippen LogP contribution is -2.51. The third kappa shape index (κ3) is 6.55. The molecule has 1 heterocycles. The van der Waals surface area contributed by atoms with Crippen LogP contribution in [0.25, 0.3) is 0 Å². The lowest BCUT2D eigenvalue weighted by atomic mass is 10.1. The summed E-state index contributed by atoms with van der Waals surface area (Å²) in [6, 6.07) is -3.85. The van der Waals surface area contributed by atoms with Crippen LogP contribution in [0.5, 0.6) is 0 Å². The van der Waals surface area contributed by atoms with Crippen LogP contribution in [-0.2, 0) is 4.79 Å². The quantitative estimate of drug-likeness (QED) is 0.220. The van der Waals surface area contributed by atoms with Gasteiger partial charge in [0, 0.05) is 0 Å². The van der Waals surface area contributed by atoms with Crippen molar-refractivity contribution in [3.63, 3.8) is 0 Å². The van der Waals surface area contributed by atoms with Crippen molar-refractivity contribution in [1.82, 2.24) is 20.8 Å². The smallest absolute Gasteiger partial charge is 0.328 e. The number of aromatic nitrogens is 2. The number of aliphatic carboxylic acids is 1. The molecule has 2 amide bonds. The second kappa shape index (κ2) is 10.7. The Kier molecular flexibility index (Phi) is 8.92. The Balaban J connectivity index is 2.84. The number of carbonyl (C=O) groups is 2. The second-order valence-corrected chi connectivity index (χ2v) is 5.78. The fourth-order valence-corrected chi connectivity index (χ4v) is 2.10. The zero-order chi connectivity index (χ0) is 19.7. The third-order valence-electron chi connectivity index (χ3n) is 3.56. The van der Waals surface area contributed by atoms with E-state index in [1.165, 1.54) is 6.92 Å². The molecule has 26 heavy (non-hydrogen) atoms. The predicted molar refractivity (Wildman–Crippen MR) is 88.7 cm³/mol. The Hall–Kier alpha value is -2.28. The van der Waals surface area contributed by atoms with Crippen LogP contribution in [0.15, 0.2) is 4.42 Å². The number of nitrogens with zero attached hydrogens (tertiary/aromatic N) is 2. The van der Waals surface area contributed by atoms with Gasteiger partial charge in [-0.2, -0.15) is 0 Å². The summed E-state index contributed by atoms with van der Waals surface area (Å²) in [6.45, 7) is 1.33. The summed E-state index contributed by atoms with van der Waals surface area (Å²) in [5.41, 5.74) is 11.1. The fourth-order valence-electron chi connectivity index (χ4n) is 2.10. The lowest BCUT2D eigenvalue weighted by molar-refractivity contribution is -0.141. The average molecular weight is 374 g/mol. The normalized spacial score (nSPS) is 15.7. The molecule has 1 rings (SSSR count). The van der Waals surface area contributed by atoms with E-state index in [-0.39, 0.29) is 18.4 Å². The van der Waals surface area contributed by atoms with Gasteiger partial charge in [-0.25, -0.2) is 9.59 Å². The molecule has 148 valence electrons. The highest BCUT2D eigenvalue weighted by molar-refractivity contribution is 5.83. The SMILES string of the molecule is CC(O)[C@H](NC(=O)N[C@@H](CCCCN)c1nnc([C@@H](N)CO)o1)C(=O)O. The van der Waals surface area contributed by atoms with E-state index < -0.39 is 36.2 Å². The molecule has 4 atom stereocenters. The van der Waals surface area contributed by atoms with Crippen molar-refractivity contribution >= 4 is 12.0 Å². The number of urea groups is 1. The molecule has 0 radical (unpaired) electrons. The number of hydrogen-bond donors (Lipinski definition) is 7. The third-order valence-corrected chi connectivity index (χ3v) is 3.56. The van der Waals surface area contributed by atoms with Gasteiger partial charge in [0.25, 0.3) is 0 Å². The van der Waals surface area contributed by atoms with Crippen molar-refractivity contribution in [2.24, 2.45) is 11.5 Å². The lowest BCUT2D eigenvalue weighted by Gasteiger charge is -2.20. The number of hydrogen-bond acceptors (Lipinski definition) is 9. The molecule has 0 spiro atoms. The molecule has 0 aliphatic heterocycles. The van der Waals surface area contributed by atoms with Gasteiger partial charge in [0.15, 0.2) is 6.04 Å². The van der Waals surface area contributed by atoms with Gasteiger partial charge in [0.1, 0.15) is 12.1 Å². The minimum Gasteiger partial charge on any atom is -0.480 e. The van der Waals surface area contributed by atoms with Crippen molar-refractivity contribution in [3.05, 3.63) is 11.8 Å². The summed E-state index contributed by atoms with van der Waals surface area (Å²) in [6.07, 6.45) is 0.464. The molecule has 9 N–H and O–H groups in total. The Morgan fingerprint density at radius 1 is 1.23 bits per heavy atom. The van der Waals surface area contributed by atoms with Crippen molar-refractivity contribution in [1.29, 1.82) is 0 Å². The van der Waals surface area contributed by atoms with Crippen molar-refractivity contribution in [2.75, 3.05) is 13.2 Å². The Morgan fingerprint density at radius 2 is 1.88 bits per heavy atom. The van der Waals surface area contributed by atoms with Gasteiger partial charge in [-0.3, -0.25) is 0 Å². The maximum absolute atomic E-state index is 12.1. The van der Waals surface area contributed by atoms with Gasteiger partial charge in [0.05, 0.1) is 12.7 Å².